The molecule has 2 rings (SSSR count). The lowest BCUT2D eigenvalue weighted by atomic mass is 9.95. The average Bonchev–Trinajstić information content (AvgIpc) is 3.10. The third-order valence-electron chi connectivity index (χ3n) is 3.74. The lowest BCUT2D eigenvalue weighted by Crippen LogP contribution is -2.32. The number of nitrogen functional groups attached to an aromatic ring is 1. The Bertz CT molecular complexity index is 376. The molecule has 0 atom stereocenters. The van der Waals surface area contributed by atoms with Gasteiger partial charge in [-0.15, -0.1) is 6.58 Å². The van der Waals surface area contributed by atoms with Crippen molar-refractivity contribution in [1.82, 2.24) is 4.90 Å². The van der Waals surface area contributed by atoms with Crippen LogP contribution < -0.4 is 5.73 Å². The minimum Gasteiger partial charge on any atom is -0.399 e. The van der Waals surface area contributed by atoms with Crippen LogP contribution in [0.2, 0.25) is 0 Å². The SMILES string of the molecule is C=CCN(CC)CC1(c2ccc(N)cc2)CC1. The number of rotatable bonds is 6. The van der Waals surface area contributed by atoms with Crippen LogP contribution in [-0.2, 0) is 5.41 Å². The summed E-state index contributed by atoms with van der Waals surface area (Å²) in [5, 5.41) is 0. The fourth-order valence-electron chi connectivity index (χ4n) is 2.44. The van der Waals surface area contributed by atoms with Crippen molar-refractivity contribution in [3.8, 4) is 0 Å². The summed E-state index contributed by atoms with van der Waals surface area (Å²) in [5.74, 6) is 0. The Morgan fingerprint density at radius 1 is 1.35 bits per heavy atom. The standard InChI is InChI=1S/C15H22N2/c1-3-11-17(4-2)12-15(9-10-15)13-5-7-14(16)8-6-13/h3,5-8H,1,4,9-12,16H2,2H3. The van der Waals surface area contributed by atoms with Crippen LogP contribution in [-0.4, -0.2) is 24.5 Å². The van der Waals surface area contributed by atoms with Gasteiger partial charge in [-0.05, 0) is 37.1 Å². The molecule has 0 spiro atoms. The number of benzene rings is 1. The van der Waals surface area contributed by atoms with Gasteiger partial charge in [0.25, 0.3) is 0 Å². The van der Waals surface area contributed by atoms with Gasteiger partial charge < -0.3 is 5.73 Å². The van der Waals surface area contributed by atoms with Crippen LogP contribution in [0.5, 0.6) is 0 Å². The van der Waals surface area contributed by atoms with Gasteiger partial charge in [0.05, 0.1) is 0 Å². The summed E-state index contributed by atoms with van der Waals surface area (Å²) in [6.45, 7) is 9.24. The first-order chi connectivity index (χ1) is 8.20. The van der Waals surface area contributed by atoms with Crippen LogP contribution in [0.4, 0.5) is 5.69 Å². The Labute approximate surface area is 104 Å². The molecule has 1 fully saturated rings. The monoisotopic (exact) mass is 230 g/mol. The first-order valence-corrected chi connectivity index (χ1v) is 6.39. The molecular weight excluding hydrogens is 208 g/mol. The van der Waals surface area contributed by atoms with Crippen LogP contribution in [0, 0.1) is 0 Å². The van der Waals surface area contributed by atoms with Crippen LogP contribution >= 0.6 is 0 Å². The zero-order valence-electron chi connectivity index (χ0n) is 10.7. The molecule has 2 N–H and O–H groups in total. The summed E-state index contributed by atoms with van der Waals surface area (Å²) in [7, 11) is 0. The van der Waals surface area contributed by atoms with E-state index >= 15 is 0 Å². The highest BCUT2D eigenvalue weighted by Crippen LogP contribution is 2.48. The maximum atomic E-state index is 5.74. The van der Waals surface area contributed by atoms with E-state index in [2.05, 4.69) is 30.5 Å². The molecular formula is C15H22N2. The summed E-state index contributed by atoms with van der Waals surface area (Å²) in [6.07, 6.45) is 4.58. The lowest BCUT2D eigenvalue weighted by Gasteiger charge is -2.25. The van der Waals surface area contributed by atoms with Crippen molar-refractivity contribution >= 4 is 5.69 Å². The molecule has 2 nitrogen and oxygen atoms in total. The van der Waals surface area contributed by atoms with E-state index in [4.69, 9.17) is 5.73 Å². The predicted molar refractivity (Wildman–Crippen MR) is 74.1 cm³/mol. The van der Waals surface area contributed by atoms with Crippen LogP contribution in [0.25, 0.3) is 0 Å². The van der Waals surface area contributed by atoms with E-state index in [1.54, 1.807) is 0 Å². The van der Waals surface area contributed by atoms with E-state index in [9.17, 15) is 0 Å². The number of anilines is 1. The largest absolute Gasteiger partial charge is 0.399 e. The fourth-order valence-corrected chi connectivity index (χ4v) is 2.44. The highest BCUT2D eigenvalue weighted by Gasteiger charge is 2.44. The lowest BCUT2D eigenvalue weighted by molar-refractivity contribution is 0.288. The van der Waals surface area contributed by atoms with Crippen molar-refractivity contribution in [3.05, 3.63) is 42.5 Å². The molecule has 0 aromatic heterocycles. The van der Waals surface area contributed by atoms with Gasteiger partial charge in [0.1, 0.15) is 0 Å². The van der Waals surface area contributed by atoms with Gasteiger partial charge in [-0.3, -0.25) is 4.90 Å². The van der Waals surface area contributed by atoms with Crippen LogP contribution in [0.15, 0.2) is 36.9 Å². The van der Waals surface area contributed by atoms with Crippen molar-refractivity contribution in [2.24, 2.45) is 0 Å². The Kier molecular flexibility index (Phi) is 3.53. The van der Waals surface area contributed by atoms with E-state index in [1.165, 1.54) is 18.4 Å². The third-order valence-corrected chi connectivity index (χ3v) is 3.74. The molecule has 1 aliphatic rings. The topological polar surface area (TPSA) is 29.3 Å². The normalized spacial score (nSPS) is 17.1. The molecule has 0 heterocycles. The van der Waals surface area contributed by atoms with Crippen molar-refractivity contribution in [1.29, 1.82) is 0 Å². The minimum atomic E-state index is 0.382. The second kappa shape index (κ2) is 4.92. The highest BCUT2D eigenvalue weighted by molar-refractivity contribution is 5.43. The zero-order valence-corrected chi connectivity index (χ0v) is 10.7. The molecule has 1 aliphatic carbocycles. The van der Waals surface area contributed by atoms with Crippen molar-refractivity contribution < 1.29 is 0 Å². The Hall–Kier alpha value is -1.28. The summed E-state index contributed by atoms with van der Waals surface area (Å²) in [4.78, 5) is 2.45. The molecule has 0 radical (unpaired) electrons. The number of hydrogen-bond acceptors (Lipinski definition) is 2. The Balaban J connectivity index is 2.08. The van der Waals surface area contributed by atoms with Crippen LogP contribution in [0.1, 0.15) is 25.3 Å². The maximum absolute atomic E-state index is 5.74. The molecule has 0 bridgehead atoms. The molecule has 1 aromatic carbocycles. The second-order valence-corrected chi connectivity index (χ2v) is 5.02. The molecule has 92 valence electrons. The van der Waals surface area contributed by atoms with Gasteiger partial charge in [0, 0.05) is 24.2 Å². The van der Waals surface area contributed by atoms with E-state index < -0.39 is 0 Å². The van der Waals surface area contributed by atoms with Gasteiger partial charge >= 0.3 is 0 Å². The van der Waals surface area contributed by atoms with E-state index in [1.807, 2.05) is 18.2 Å². The summed E-state index contributed by atoms with van der Waals surface area (Å²) < 4.78 is 0. The fraction of sp³-hybridized carbons (Fsp3) is 0.467. The molecule has 0 unspecified atom stereocenters. The van der Waals surface area contributed by atoms with Gasteiger partial charge in [0.15, 0.2) is 0 Å². The molecule has 0 amide bonds. The van der Waals surface area contributed by atoms with Crippen molar-refractivity contribution in [2.75, 3.05) is 25.4 Å². The van der Waals surface area contributed by atoms with E-state index in [0.29, 0.717) is 5.41 Å². The molecule has 17 heavy (non-hydrogen) atoms. The molecule has 1 aromatic rings. The van der Waals surface area contributed by atoms with Gasteiger partial charge in [-0.2, -0.15) is 0 Å². The van der Waals surface area contributed by atoms with E-state index in [-0.39, 0.29) is 0 Å². The molecule has 0 aliphatic heterocycles. The molecule has 2 heteroatoms. The number of likely N-dealkylation sites (N-methyl/N-ethyl adjacent to an activating group) is 1. The summed E-state index contributed by atoms with van der Waals surface area (Å²) >= 11 is 0. The third kappa shape index (κ3) is 2.70. The number of nitrogens with zero attached hydrogens (tertiary/aromatic N) is 1. The average molecular weight is 230 g/mol. The minimum absolute atomic E-state index is 0.382. The van der Waals surface area contributed by atoms with Crippen molar-refractivity contribution in [2.45, 2.75) is 25.2 Å². The first kappa shape index (κ1) is 12.2. The Morgan fingerprint density at radius 2 is 2.00 bits per heavy atom. The number of hydrogen-bond donors (Lipinski definition) is 1. The van der Waals surface area contributed by atoms with Crippen molar-refractivity contribution in [3.63, 3.8) is 0 Å². The Morgan fingerprint density at radius 3 is 2.47 bits per heavy atom. The maximum Gasteiger partial charge on any atom is 0.0314 e. The number of nitrogens with two attached hydrogens (primary N) is 1. The summed E-state index contributed by atoms with van der Waals surface area (Å²) in [5.41, 5.74) is 8.41. The van der Waals surface area contributed by atoms with Gasteiger partial charge in [0.2, 0.25) is 0 Å². The quantitative estimate of drug-likeness (QED) is 0.601. The van der Waals surface area contributed by atoms with Crippen LogP contribution in [0.3, 0.4) is 0 Å². The van der Waals surface area contributed by atoms with E-state index in [0.717, 1.165) is 25.3 Å². The smallest absolute Gasteiger partial charge is 0.0314 e. The predicted octanol–water partition coefficient (Wildman–Crippen LogP) is 2.81. The zero-order chi connectivity index (χ0) is 12.3. The second-order valence-electron chi connectivity index (χ2n) is 5.02. The summed E-state index contributed by atoms with van der Waals surface area (Å²) in [6, 6.07) is 8.40. The molecule has 0 saturated heterocycles. The molecule has 1 saturated carbocycles. The van der Waals surface area contributed by atoms with Gasteiger partial charge in [-0.1, -0.05) is 25.1 Å². The van der Waals surface area contributed by atoms with Gasteiger partial charge in [-0.25, -0.2) is 0 Å². The highest BCUT2D eigenvalue weighted by atomic mass is 15.1. The first-order valence-electron chi connectivity index (χ1n) is 6.39.